The fraction of sp³-hybridized carbons (Fsp3) is 0.600. The fourth-order valence-corrected chi connectivity index (χ4v) is 3.85. The molecule has 1 aromatic rings. The van der Waals surface area contributed by atoms with Crippen molar-refractivity contribution in [2.45, 2.75) is 51.6 Å². The summed E-state index contributed by atoms with van der Waals surface area (Å²) >= 11 is 1.12. The molecule has 0 unspecified atom stereocenters. The quantitative estimate of drug-likeness (QED) is 0.863. The number of hydrogen-bond donors (Lipinski definition) is 1. The molecule has 116 valence electrons. The van der Waals surface area contributed by atoms with E-state index in [9.17, 15) is 9.59 Å². The van der Waals surface area contributed by atoms with Crippen LogP contribution in [-0.4, -0.2) is 25.2 Å². The zero-order valence-corrected chi connectivity index (χ0v) is 13.4. The van der Waals surface area contributed by atoms with Crippen LogP contribution in [0.25, 0.3) is 0 Å². The highest BCUT2D eigenvalue weighted by Crippen LogP contribution is 2.43. The van der Waals surface area contributed by atoms with Gasteiger partial charge in [0, 0.05) is 0 Å². The molecule has 2 N–H and O–H groups in total. The molecule has 0 amide bonds. The molecule has 0 spiro atoms. The molecule has 0 aromatic carbocycles. The van der Waals surface area contributed by atoms with E-state index in [4.69, 9.17) is 15.2 Å². The van der Waals surface area contributed by atoms with E-state index >= 15 is 0 Å². The third kappa shape index (κ3) is 3.20. The summed E-state index contributed by atoms with van der Waals surface area (Å²) in [5.41, 5.74) is 7.08. The van der Waals surface area contributed by atoms with Crippen LogP contribution >= 0.6 is 11.3 Å². The van der Waals surface area contributed by atoms with Crippen molar-refractivity contribution >= 4 is 28.3 Å². The Hall–Kier alpha value is -1.56. The van der Waals surface area contributed by atoms with Crippen LogP contribution < -0.4 is 5.73 Å². The first-order valence-corrected chi connectivity index (χ1v) is 7.98. The number of anilines is 1. The average molecular weight is 311 g/mol. The topological polar surface area (TPSA) is 78.6 Å². The number of esters is 2. The molecule has 0 atom stereocenters. The summed E-state index contributed by atoms with van der Waals surface area (Å²) < 4.78 is 10.1. The van der Waals surface area contributed by atoms with E-state index in [0.29, 0.717) is 15.4 Å². The van der Waals surface area contributed by atoms with Gasteiger partial charge in [-0.2, -0.15) is 0 Å². The number of ether oxygens (including phenoxy) is 2. The molecule has 1 aliphatic carbocycles. The Morgan fingerprint density at radius 1 is 1.24 bits per heavy atom. The van der Waals surface area contributed by atoms with Gasteiger partial charge in [-0.05, 0) is 38.2 Å². The van der Waals surface area contributed by atoms with E-state index in [1.807, 2.05) is 0 Å². The second-order valence-corrected chi connectivity index (χ2v) is 6.56. The maximum atomic E-state index is 12.3. The van der Waals surface area contributed by atoms with Gasteiger partial charge >= 0.3 is 11.9 Å². The summed E-state index contributed by atoms with van der Waals surface area (Å²) in [7, 11) is 1.34. The lowest BCUT2D eigenvalue weighted by molar-refractivity contribution is 0.0378. The minimum atomic E-state index is -0.448. The molecule has 0 saturated heterocycles. The van der Waals surface area contributed by atoms with Crippen LogP contribution in [0.1, 0.15) is 71.0 Å². The van der Waals surface area contributed by atoms with E-state index in [1.54, 1.807) is 13.8 Å². The molecule has 1 fully saturated rings. The second-order valence-electron chi connectivity index (χ2n) is 5.51. The lowest BCUT2D eigenvalue weighted by Crippen LogP contribution is -2.16. The molecular formula is C15H21NO4S. The summed E-state index contributed by atoms with van der Waals surface area (Å²) in [6.07, 6.45) is 3.89. The normalized spacial score (nSPS) is 15.4. The summed E-state index contributed by atoms with van der Waals surface area (Å²) in [5.74, 6) is -0.699. The van der Waals surface area contributed by atoms with Gasteiger partial charge in [-0.3, -0.25) is 0 Å². The smallest absolute Gasteiger partial charge is 0.348 e. The van der Waals surface area contributed by atoms with E-state index in [1.165, 1.54) is 7.11 Å². The van der Waals surface area contributed by atoms with E-state index in [2.05, 4.69) is 0 Å². The van der Waals surface area contributed by atoms with Crippen molar-refractivity contribution in [3.05, 3.63) is 16.0 Å². The minimum absolute atomic E-state index is 0.183. The standard InChI is InChI=1S/C15H21NO4S/c1-8(2)20-14(17)11-10(9-6-4-5-7-9)12(15(18)19-3)21-13(11)16/h8-9H,4-7,16H2,1-3H3. The lowest BCUT2D eigenvalue weighted by Gasteiger charge is -2.14. The van der Waals surface area contributed by atoms with E-state index in [0.717, 1.165) is 42.6 Å². The van der Waals surface area contributed by atoms with Crippen LogP contribution in [0.4, 0.5) is 5.00 Å². The van der Waals surface area contributed by atoms with Gasteiger partial charge in [0.05, 0.1) is 18.8 Å². The summed E-state index contributed by atoms with van der Waals surface area (Å²) in [4.78, 5) is 24.8. The number of carbonyl (C=O) groups is 2. The fourth-order valence-electron chi connectivity index (χ4n) is 2.79. The number of carbonyl (C=O) groups excluding carboxylic acids is 2. The number of thiophene rings is 1. The average Bonchev–Trinajstić information content (AvgIpc) is 3.03. The Labute approximate surface area is 128 Å². The molecule has 1 saturated carbocycles. The predicted octanol–water partition coefficient (Wildman–Crippen LogP) is 3.34. The molecule has 6 heteroatoms. The van der Waals surface area contributed by atoms with Gasteiger partial charge in [0.25, 0.3) is 0 Å². The third-order valence-electron chi connectivity index (χ3n) is 3.65. The Balaban J connectivity index is 2.49. The Morgan fingerprint density at radius 2 is 1.86 bits per heavy atom. The SMILES string of the molecule is COC(=O)c1sc(N)c(C(=O)OC(C)C)c1C1CCCC1. The third-order valence-corrected chi connectivity index (χ3v) is 4.67. The van der Waals surface area contributed by atoms with E-state index < -0.39 is 11.9 Å². The number of nitrogens with two attached hydrogens (primary N) is 1. The first kappa shape index (κ1) is 15.8. The molecule has 21 heavy (non-hydrogen) atoms. The van der Waals surface area contributed by atoms with Gasteiger partial charge in [0.15, 0.2) is 0 Å². The highest BCUT2D eigenvalue weighted by Gasteiger charge is 2.33. The predicted molar refractivity (Wildman–Crippen MR) is 81.8 cm³/mol. The van der Waals surface area contributed by atoms with Gasteiger partial charge in [0.2, 0.25) is 0 Å². The van der Waals surface area contributed by atoms with Crippen LogP contribution in [0.2, 0.25) is 0 Å². The molecular weight excluding hydrogens is 290 g/mol. The number of nitrogen functional groups attached to an aromatic ring is 1. The maximum Gasteiger partial charge on any atom is 0.348 e. The molecule has 2 rings (SSSR count). The molecule has 1 aliphatic rings. The largest absolute Gasteiger partial charge is 0.465 e. The van der Waals surface area contributed by atoms with Crippen molar-refractivity contribution in [1.82, 2.24) is 0 Å². The van der Waals surface area contributed by atoms with Crippen LogP contribution in [-0.2, 0) is 9.47 Å². The van der Waals surface area contributed by atoms with Gasteiger partial charge in [-0.15, -0.1) is 11.3 Å². The van der Waals surface area contributed by atoms with E-state index in [-0.39, 0.29) is 12.0 Å². The van der Waals surface area contributed by atoms with Gasteiger partial charge in [-0.1, -0.05) is 12.8 Å². The number of methoxy groups -OCH3 is 1. The Kier molecular flexibility index (Phi) is 4.88. The maximum absolute atomic E-state index is 12.3. The molecule has 5 nitrogen and oxygen atoms in total. The zero-order chi connectivity index (χ0) is 15.6. The summed E-state index contributed by atoms with van der Waals surface area (Å²) in [6, 6.07) is 0. The van der Waals surface area contributed by atoms with Crippen molar-refractivity contribution in [2.24, 2.45) is 0 Å². The van der Waals surface area contributed by atoms with Gasteiger partial charge < -0.3 is 15.2 Å². The Morgan fingerprint density at radius 3 is 2.38 bits per heavy atom. The summed E-state index contributed by atoms with van der Waals surface area (Å²) in [6.45, 7) is 3.58. The van der Waals surface area contributed by atoms with Gasteiger partial charge in [0.1, 0.15) is 9.88 Å². The first-order valence-electron chi connectivity index (χ1n) is 7.17. The first-order chi connectivity index (χ1) is 9.95. The number of rotatable bonds is 4. The van der Waals surface area contributed by atoms with Crippen molar-refractivity contribution in [3.8, 4) is 0 Å². The molecule has 0 bridgehead atoms. The lowest BCUT2D eigenvalue weighted by atomic mass is 9.93. The zero-order valence-electron chi connectivity index (χ0n) is 12.6. The van der Waals surface area contributed by atoms with Crippen LogP contribution in [0.5, 0.6) is 0 Å². The molecule has 0 radical (unpaired) electrons. The van der Waals surface area contributed by atoms with Crippen LogP contribution in [0.3, 0.4) is 0 Å². The van der Waals surface area contributed by atoms with Crippen molar-refractivity contribution in [1.29, 1.82) is 0 Å². The van der Waals surface area contributed by atoms with Crippen molar-refractivity contribution in [2.75, 3.05) is 12.8 Å². The molecule has 1 aromatic heterocycles. The van der Waals surface area contributed by atoms with Gasteiger partial charge in [-0.25, -0.2) is 9.59 Å². The highest BCUT2D eigenvalue weighted by atomic mass is 32.1. The summed E-state index contributed by atoms with van der Waals surface area (Å²) in [5, 5.41) is 0.336. The highest BCUT2D eigenvalue weighted by molar-refractivity contribution is 7.18. The molecule has 0 aliphatic heterocycles. The van der Waals surface area contributed by atoms with Crippen LogP contribution in [0, 0.1) is 0 Å². The molecule has 1 heterocycles. The Bertz CT molecular complexity index is 544. The van der Waals surface area contributed by atoms with Crippen molar-refractivity contribution < 1.29 is 19.1 Å². The second kappa shape index (κ2) is 6.47. The monoisotopic (exact) mass is 311 g/mol. The minimum Gasteiger partial charge on any atom is -0.465 e. The van der Waals surface area contributed by atoms with Crippen molar-refractivity contribution in [3.63, 3.8) is 0 Å². The van der Waals surface area contributed by atoms with Crippen LogP contribution in [0.15, 0.2) is 0 Å². The number of hydrogen-bond acceptors (Lipinski definition) is 6.